The van der Waals surface area contributed by atoms with Gasteiger partial charge in [0.15, 0.2) is 6.10 Å². The number of benzene rings is 1. The molecule has 172 valence electrons. The van der Waals surface area contributed by atoms with Gasteiger partial charge in [-0.25, -0.2) is 0 Å². The molecule has 0 radical (unpaired) electrons. The molecule has 0 aliphatic carbocycles. The smallest absolute Gasteiger partial charge is 0.356 e. The Kier molecular flexibility index (Phi) is 7.04. The van der Waals surface area contributed by atoms with Crippen molar-refractivity contribution >= 4 is 0 Å². The summed E-state index contributed by atoms with van der Waals surface area (Å²) in [6, 6.07) is 8.11. The van der Waals surface area contributed by atoms with E-state index >= 15 is 0 Å². The molecule has 31 heavy (non-hydrogen) atoms. The van der Waals surface area contributed by atoms with Crippen LogP contribution in [0.2, 0.25) is 0 Å². The molecule has 1 aliphatic heterocycles. The van der Waals surface area contributed by atoms with E-state index in [-0.39, 0.29) is 11.9 Å². The van der Waals surface area contributed by atoms with Crippen molar-refractivity contribution in [2.45, 2.75) is 77.0 Å². The lowest BCUT2D eigenvalue weighted by atomic mass is 9.98. The Balaban J connectivity index is 1.96. The molecule has 9 nitrogen and oxygen atoms in total. The van der Waals surface area contributed by atoms with Gasteiger partial charge in [0.25, 0.3) is 0 Å². The third-order valence-corrected chi connectivity index (χ3v) is 5.71. The zero-order valence-corrected chi connectivity index (χ0v) is 18.3. The average Bonchev–Trinajstić information content (AvgIpc) is 3.05. The molecule has 0 saturated carbocycles. The summed E-state index contributed by atoms with van der Waals surface area (Å²) in [7, 11) is 0. The Morgan fingerprint density at radius 3 is 2.29 bits per heavy atom. The SMILES string of the molecule is CCc1ccc(Cc2c(O[C@@]3(O)O[C@H](CO)[C@@H](O)[C@H](O)[C@H]3O)nn(C(C)C)c2C)cc1. The highest BCUT2D eigenvalue weighted by molar-refractivity contribution is 5.37. The Morgan fingerprint density at radius 2 is 1.74 bits per heavy atom. The summed E-state index contributed by atoms with van der Waals surface area (Å²) in [6.07, 6.45) is -5.31. The van der Waals surface area contributed by atoms with Gasteiger partial charge in [-0.05, 0) is 38.3 Å². The molecular formula is C22H32N2O7. The molecule has 0 bridgehead atoms. The zero-order valence-electron chi connectivity index (χ0n) is 18.3. The van der Waals surface area contributed by atoms with E-state index < -0.39 is 37.0 Å². The fourth-order valence-electron chi connectivity index (χ4n) is 3.76. The molecule has 5 atom stereocenters. The number of aliphatic hydroxyl groups is 5. The van der Waals surface area contributed by atoms with Gasteiger partial charge in [-0.2, -0.15) is 0 Å². The van der Waals surface area contributed by atoms with E-state index in [0.717, 1.165) is 17.7 Å². The van der Waals surface area contributed by atoms with Crippen LogP contribution in [0.1, 0.15) is 49.2 Å². The molecule has 2 aromatic rings. The first-order chi connectivity index (χ1) is 14.6. The van der Waals surface area contributed by atoms with Crippen LogP contribution in [0.25, 0.3) is 0 Å². The Bertz CT molecular complexity index is 881. The molecule has 1 aromatic heterocycles. The largest absolute Gasteiger partial charge is 0.417 e. The molecule has 1 fully saturated rings. The Hall–Kier alpha value is -2.01. The summed E-state index contributed by atoms with van der Waals surface area (Å²) < 4.78 is 12.6. The molecule has 2 heterocycles. The number of ether oxygens (including phenoxy) is 2. The van der Waals surface area contributed by atoms with E-state index in [1.54, 1.807) is 4.68 Å². The van der Waals surface area contributed by atoms with Crippen LogP contribution in [-0.2, 0) is 17.6 Å². The first-order valence-corrected chi connectivity index (χ1v) is 10.5. The molecule has 1 saturated heterocycles. The highest BCUT2D eigenvalue weighted by atomic mass is 16.8. The van der Waals surface area contributed by atoms with Crippen LogP contribution < -0.4 is 4.74 Å². The van der Waals surface area contributed by atoms with Gasteiger partial charge in [-0.1, -0.05) is 31.2 Å². The van der Waals surface area contributed by atoms with Crippen molar-refractivity contribution in [1.82, 2.24) is 9.78 Å². The van der Waals surface area contributed by atoms with Gasteiger partial charge in [0, 0.05) is 23.7 Å². The molecule has 0 spiro atoms. The second-order valence-electron chi connectivity index (χ2n) is 8.25. The number of aliphatic hydroxyl groups excluding tert-OH is 4. The summed E-state index contributed by atoms with van der Waals surface area (Å²) >= 11 is 0. The van der Waals surface area contributed by atoms with Crippen LogP contribution in [0.15, 0.2) is 24.3 Å². The minimum Gasteiger partial charge on any atom is -0.417 e. The van der Waals surface area contributed by atoms with E-state index in [4.69, 9.17) is 9.47 Å². The highest BCUT2D eigenvalue weighted by Crippen LogP contribution is 2.34. The van der Waals surface area contributed by atoms with Gasteiger partial charge < -0.3 is 35.0 Å². The van der Waals surface area contributed by atoms with Crippen LogP contribution in [-0.4, -0.2) is 72.3 Å². The van der Waals surface area contributed by atoms with Crippen molar-refractivity contribution in [2.24, 2.45) is 0 Å². The molecular weight excluding hydrogens is 404 g/mol. The van der Waals surface area contributed by atoms with Gasteiger partial charge in [0.1, 0.15) is 18.3 Å². The van der Waals surface area contributed by atoms with Crippen LogP contribution >= 0.6 is 0 Å². The van der Waals surface area contributed by atoms with Crippen molar-refractivity contribution in [3.05, 3.63) is 46.6 Å². The van der Waals surface area contributed by atoms with Crippen LogP contribution in [0.4, 0.5) is 0 Å². The van der Waals surface area contributed by atoms with E-state index in [1.807, 2.05) is 45.0 Å². The van der Waals surface area contributed by atoms with Crippen LogP contribution in [0.5, 0.6) is 5.88 Å². The van der Waals surface area contributed by atoms with Crippen LogP contribution in [0, 0.1) is 6.92 Å². The molecule has 3 rings (SSSR count). The van der Waals surface area contributed by atoms with Crippen molar-refractivity contribution in [1.29, 1.82) is 0 Å². The number of aryl methyl sites for hydroxylation is 1. The monoisotopic (exact) mass is 436 g/mol. The maximum absolute atomic E-state index is 10.9. The van der Waals surface area contributed by atoms with Gasteiger partial charge in [-0.3, -0.25) is 4.68 Å². The molecule has 9 heteroatoms. The van der Waals surface area contributed by atoms with Crippen molar-refractivity contribution < 1.29 is 35.0 Å². The standard InChI is InChI=1S/C22H32N2O7/c1-5-14-6-8-15(9-7-14)10-16-13(4)24(12(2)3)23-21(16)31-22(29)20(28)19(27)18(26)17(11-25)30-22/h6-9,12,17-20,25-29H,5,10-11H2,1-4H3/t17-,18-,19+,20-,22+/m1/s1. The van der Waals surface area contributed by atoms with Crippen molar-refractivity contribution in [3.63, 3.8) is 0 Å². The minimum absolute atomic E-state index is 0.00279. The fourth-order valence-corrected chi connectivity index (χ4v) is 3.76. The lowest BCUT2D eigenvalue weighted by Gasteiger charge is -2.43. The van der Waals surface area contributed by atoms with Crippen LogP contribution in [0.3, 0.4) is 0 Å². The maximum Gasteiger partial charge on any atom is 0.356 e. The predicted octanol–water partition coefficient (Wildman–Crippen LogP) is 0.424. The van der Waals surface area contributed by atoms with E-state index in [1.165, 1.54) is 5.56 Å². The quantitative estimate of drug-likeness (QED) is 0.394. The number of nitrogens with zero attached hydrogens (tertiary/aromatic N) is 2. The first-order valence-electron chi connectivity index (χ1n) is 10.5. The predicted molar refractivity (Wildman–Crippen MR) is 112 cm³/mol. The lowest BCUT2D eigenvalue weighted by Crippen LogP contribution is -2.67. The fraction of sp³-hybridized carbons (Fsp3) is 0.591. The summed E-state index contributed by atoms with van der Waals surface area (Å²) in [5.74, 6) is -2.66. The number of hydrogen-bond acceptors (Lipinski definition) is 8. The van der Waals surface area contributed by atoms with E-state index in [9.17, 15) is 25.5 Å². The van der Waals surface area contributed by atoms with Crippen molar-refractivity contribution in [3.8, 4) is 5.88 Å². The molecule has 0 unspecified atom stereocenters. The highest BCUT2D eigenvalue weighted by Gasteiger charge is 2.55. The summed E-state index contributed by atoms with van der Waals surface area (Å²) in [5.41, 5.74) is 3.72. The maximum atomic E-state index is 10.9. The van der Waals surface area contributed by atoms with E-state index in [0.29, 0.717) is 12.0 Å². The summed E-state index contributed by atoms with van der Waals surface area (Å²) in [5, 5.41) is 55.1. The Morgan fingerprint density at radius 1 is 1.13 bits per heavy atom. The minimum atomic E-state index is -2.70. The van der Waals surface area contributed by atoms with Gasteiger partial charge in [-0.15, -0.1) is 5.10 Å². The van der Waals surface area contributed by atoms with Gasteiger partial charge >= 0.3 is 5.97 Å². The van der Waals surface area contributed by atoms with Gasteiger partial charge in [0.05, 0.1) is 6.61 Å². The third-order valence-electron chi connectivity index (χ3n) is 5.71. The second kappa shape index (κ2) is 9.23. The lowest BCUT2D eigenvalue weighted by molar-refractivity contribution is -0.423. The number of rotatable bonds is 7. The average molecular weight is 437 g/mol. The molecule has 0 amide bonds. The summed E-state index contributed by atoms with van der Waals surface area (Å²) in [4.78, 5) is 0. The second-order valence-corrected chi connectivity index (χ2v) is 8.25. The molecule has 1 aliphatic rings. The Labute approximate surface area is 181 Å². The number of hydrogen-bond donors (Lipinski definition) is 5. The molecule has 1 aromatic carbocycles. The number of aromatic nitrogens is 2. The third kappa shape index (κ3) is 4.62. The van der Waals surface area contributed by atoms with Crippen molar-refractivity contribution in [2.75, 3.05) is 6.61 Å². The first kappa shape index (κ1) is 23.6. The summed E-state index contributed by atoms with van der Waals surface area (Å²) in [6.45, 7) is 7.18. The zero-order chi connectivity index (χ0) is 22.9. The van der Waals surface area contributed by atoms with E-state index in [2.05, 4.69) is 12.0 Å². The topological polar surface area (TPSA) is 137 Å². The van der Waals surface area contributed by atoms with Gasteiger partial charge in [0.2, 0.25) is 5.88 Å². The normalized spacial score (nSPS) is 28.8. The molecule has 5 N–H and O–H groups in total.